The van der Waals surface area contributed by atoms with Crippen LogP contribution >= 0.6 is 11.3 Å². The number of aromatic nitrogens is 4. The summed E-state index contributed by atoms with van der Waals surface area (Å²) in [5, 5.41) is 9.46. The van der Waals surface area contributed by atoms with Gasteiger partial charge in [-0.3, -0.25) is 0 Å². The number of hydrogen-bond donors (Lipinski definition) is 0. The summed E-state index contributed by atoms with van der Waals surface area (Å²) in [4.78, 5) is 16.0. The number of fused-ring (bicyclic) bond motifs is 8. The Morgan fingerprint density at radius 1 is 0.345 bits per heavy atom. The number of hydrogen-bond acceptors (Lipinski definition) is 4. The Morgan fingerprint density at radius 3 is 1.78 bits per heavy atom. The maximum Gasteiger partial charge on any atom is 0.164 e. The van der Waals surface area contributed by atoms with Gasteiger partial charge in [0.25, 0.3) is 0 Å². The van der Waals surface area contributed by atoms with Gasteiger partial charge in [0, 0.05) is 53.3 Å². The predicted octanol–water partition coefficient (Wildman–Crippen LogP) is 14.3. The molecule has 0 radical (unpaired) electrons. The number of thiophene rings is 1. The molecule has 0 aliphatic heterocycles. The summed E-state index contributed by atoms with van der Waals surface area (Å²) in [6.07, 6.45) is 0. The Kier molecular flexibility index (Phi) is 7.37. The van der Waals surface area contributed by atoms with Gasteiger partial charge < -0.3 is 4.57 Å². The van der Waals surface area contributed by atoms with Gasteiger partial charge in [0.1, 0.15) is 0 Å². The smallest absolute Gasteiger partial charge is 0.164 e. The third-order valence-electron chi connectivity index (χ3n) is 11.4. The summed E-state index contributed by atoms with van der Waals surface area (Å²) in [6.45, 7) is 0. The molecule has 0 fully saturated rings. The Balaban J connectivity index is 1.13. The van der Waals surface area contributed by atoms with Gasteiger partial charge in [0.05, 0.1) is 11.0 Å². The van der Waals surface area contributed by atoms with E-state index < -0.39 is 0 Å². The summed E-state index contributed by atoms with van der Waals surface area (Å²) in [5.74, 6) is 1.92. The second-order valence-corrected chi connectivity index (χ2v) is 15.9. The fourth-order valence-corrected chi connectivity index (χ4v) is 9.82. The molecule has 58 heavy (non-hydrogen) atoms. The zero-order chi connectivity index (χ0) is 38.2. The van der Waals surface area contributed by atoms with Gasteiger partial charge >= 0.3 is 0 Å². The zero-order valence-corrected chi connectivity index (χ0v) is 32.0. The van der Waals surface area contributed by atoms with Crippen molar-refractivity contribution in [2.45, 2.75) is 0 Å². The van der Waals surface area contributed by atoms with E-state index in [4.69, 9.17) is 15.0 Å². The molecule has 0 saturated carbocycles. The van der Waals surface area contributed by atoms with Crippen LogP contribution < -0.4 is 0 Å². The number of rotatable bonds is 5. The number of benzene rings is 9. The highest BCUT2D eigenvalue weighted by atomic mass is 32.1. The molecule has 0 saturated heterocycles. The Hall–Kier alpha value is -7.47. The van der Waals surface area contributed by atoms with Crippen LogP contribution in [0.3, 0.4) is 0 Å². The molecule has 0 aliphatic carbocycles. The van der Waals surface area contributed by atoms with Gasteiger partial charge in [-0.2, -0.15) is 0 Å². The lowest BCUT2D eigenvalue weighted by Crippen LogP contribution is -2.02. The molecule has 0 aliphatic rings. The largest absolute Gasteiger partial charge is 0.309 e. The maximum atomic E-state index is 5.41. The highest BCUT2D eigenvalue weighted by Gasteiger charge is 2.20. The number of nitrogens with zero attached hydrogens (tertiary/aromatic N) is 4. The molecule has 3 heterocycles. The summed E-state index contributed by atoms with van der Waals surface area (Å²) >= 11 is 1.80. The molecule has 12 aromatic rings. The molecule has 270 valence electrons. The summed E-state index contributed by atoms with van der Waals surface area (Å²) < 4.78 is 4.85. The topological polar surface area (TPSA) is 43.6 Å². The van der Waals surface area contributed by atoms with Crippen molar-refractivity contribution in [1.29, 1.82) is 0 Å². The first kappa shape index (κ1) is 32.7. The van der Waals surface area contributed by atoms with Crippen molar-refractivity contribution in [2.24, 2.45) is 0 Å². The minimum atomic E-state index is 0.632. The van der Waals surface area contributed by atoms with E-state index in [0.29, 0.717) is 17.5 Å². The molecule has 0 atom stereocenters. The van der Waals surface area contributed by atoms with E-state index in [1.165, 1.54) is 47.3 Å². The van der Waals surface area contributed by atoms with E-state index in [1.54, 1.807) is 11.3 Å². The monoisotopic (exact) mass is 756 g/mol. The fourth-order valence-electron chi connectivity index (χ4n) is 8.69. The normalized spacial score (nSPS) is 11.8. The summed E-state index contributed by atoms with van der Waals surface area (Å²) in [6, 6.07) is 69.2. The third kappa shape index (κ3) is 5.25. The fraction of sp³-hybridized carbons (Fsp3) is 0. The molecular weight excluding hydrogens is 725 g/mol. The van der Waals surface area contributed by atoms with Crippen LogP contribution in [0.5, 0.6) is 0 Å². The van der Waals surface area contributed by atoms with Crippen LogP contribution in [0.15, 0.2) is 194 Å². The van der Waals surface area contributed by atoms with Crippen LogP contribution in [0.25, 0.3) is 115 Å². The third-order valence-corrected chi connectivity index (χ3v) is 12.6. The zero-order valence-electron chi connectivity index (χ0n) is 31.2. The van der Waals surface area contributed by atoms with Crippen molar-refractivity contribution >= 4 is 74.9 Å². The van der Waals surface area contributed by atoms with Gasteiger partial charge in [-0.25, -0.2) is 15.0 Å². The van der Waals surface area contributed by atoms with Crippen molar-refractivity contribution in [3.8, 4) is 51.0 Å². The van der Waals surface area contributed by atoms with E-state index in [1.807, 2.05) is 6.07 Å². The van der Waals surface area contributed by atoms with E-state index in [0.717, 1.165) is 49.7 Å². The van der Waals surface area contributed by atoms with Crippen LogP contribution in [0, 0.1) is 0 Å². The summed E-state index contributed by atoms with van der Waals surface area (Å²) in [5.41, 5.74) is 8.56. The van der Waals surface area contributed by atoms with Gasteiger partial charge in [0.2, 0.25) is 0 Å². The van der Waals surface area contributed by atoms with Gasteiger partial charge in [0.15, 0.2) is 17.5 Å². The molecule has 0 unspecified atom stereocenters. The quantitative estimate of drug-likeness (QED) is 0.176. The van der Waals surface area contributed by atoms with Crippen LogP contribution in [-0.4, -0.2) is 19.5 Å². The molecule has 0 spiro atoms. The molecule has 9 aromatic carbocycles. The van der Waals surface area contributed by atoms with Crippen molar-refractivity contribution in [3.05, 3.63) is 194 Å². The first-order valence-corrected chi connectivity index (χ1v) is 20.3. The molecule has 0 bridgehead atoms. The summed E-state index contributed by atoms with van der Waals surface area (Å²) in [7, 11) is 0. The van der Waals surface area contributed by atoms with Crippen LogP contribution in [-0.2, 0) is 0 Å². The molecule has 0 amide bonds. The molecule has 5 heteroatoms. The average Bonchev–Trinajstić information content (AvgIpc) is 3.83. The lowest BCUT2D eigenvalue weighted by Gasteiger charge is -2.15. The first-order valence-electron chi connectivity index (χ1n) is 19.5. The van der Waals surface area contributed by atoms with Crippen molar-refractivity contribution < 1.29 is 0 Å². The van der Waals surface area contributed by atoms with Gasteiger partial charge in [-0.05, 0) is 75.1 Å². The minimum Gasteiger partial charge on any atom is -0.309 e. The van der Waals surface area contributed by atoms with E-state index in [2.05, 4.69) is 193 Å². The molecule has 3 aromatic heterocycles. The van der Waals surface area contributed by atoms with Gasteiger partial charge in [-0.1, -0.05) is 152 Å². The second-order valence-electron chi connectivity index (χ2n) is 14.8. The van der Waals surface area contributed by atoms with Crippen molar-refractivity contribution in [2.75, 3.05) is 0 Å². The average molecular weight is 757 g/mol. The van der Waals surface area contributed by atoms with Crippen LogP contribution in [0.2, 0.25) is 0 Å². The molecule has 12 rings (SSSR count). The lowest BCUT2D eigenvalue weighted by atomic mass is 10.0. The number of para-hydroxylation sites is 1. The second kappa shape index (κ2) is 13.1. The van der Waals surface area contributed by atoms with Crippen LogP contribution in [0.1, 0.15) is 0 Å². The SMILES string of the molecule is c1ccc(-c2ccc(-c3nc(-c4cc(-n5c6ccccc6c6cc7ccccc7cc65)cc5ccccc45)nc(-c4cccc5sc6ccccc6c45)n3)cc2)cc1. The Labute approximate surface area is 338 Å². The Morgan fingerprint density at radius 2 is 0.948 bits per heavy atom. The lowest BCUT2D eigenvalue weighted by molar-refractivity contribution is 1.08. The van der Waals surface area contributed by atoms with Crippen molar-refractivity contribution in [1.82, 2.24) is 19.5 Å². The van der Waals surface area contributed by atoms with E-state index in [-0.39, 0.29) is 0 Å². The van der Waals surface area contributed by atoms with Gasteiger partial charge in [-0.15, -0.1) is 11.3 Å². The van der Waals surface area contributed by atoms with E-state index in [9.17, 15) is 0 Å². The highest BCUT2D eigenvalue weighted by Crippen LogP contribution is 2.41. The molecule has 0 N–H and O–H groups in total. The minimum absolute atomic E-state index is 0.632. The highest BCUT2D eigenvalue weighted by molar-refractivity contribution is 7.25. The van der Waals surface area contributed by atoms with Crippen LogP contribution in [0.4, 0.5) is 0 Å². The standard InChI is InChI=1S/C53H32N4S/c1-2-13-33(14-3-1)34-25-27-35(28-26-34)51-54-52(43-21-12-24-49-50(43)42-20-9-11-23-48(42)58-49)56-53(55-51)45-32-39(29-38-17-6-7-18-40(38)45)57-46-22-10-8-19-41(46)44-30-36-15-4-5-16-37(36)31-47(44)57/h1-32H. The van der Waals surface area contributed by atoms with Crippen molar-refractivity contribution in [3.63, 3.8) is 0 Å². The molecular formula is C53H32N4S. The Bertz CT molecular complexity index is 3560. The maximum absolute atomic E-state index is 5.41. The molecule has 4 nitrogen and oxygen atoms in total. The van der Waals surface area contributed by atoms with E-state index >= 15 is 0 Å². The predicted molar refractivity (Wildman–Crippen MR) is 244 cm³/mol. The first-order chi connectivity index (χ1) is 28.7.